The summed E-state index contributed by atoms with van der Waals surface area (Å²) in [5.74, 6) is 9.41. The predicted octanol–water partition coefficient (Wildman–Crippen LogP) is 1.25. The largest absolute Gasteiger partial charge is 0.497 e. The van der Waals surface area contributed by atoms with Crippen LogP contribution >= 0.6 is 11.8 Å². The van der Waals surface area contributed by atoms with Crippen LogP contribution in [0.15, 0.2) is 60.7 Å². The smallest absolute Gasteiger partial charge is 0.301 e. The van der Waals surface area contributed by atoms with Crippen molar-refractivity contribution in [3.63, 3.8) is 0 Å². The number of hydrogen-bond donors (Lipinski definition) is 4. The molecule has 3 aromatic carbocycles. The lowest BCUT2D eigenvalue weighted by Crippen LogP contribution is -2.83. The minimum absolute atomic E-state index is 0.201. The molecular weight excluding hydrogens is 426 g/mol. The van der Waals surface area contributed by atoms with Crippen LogP contribution in [0.5, 0.6) is 17.2 Å². The number of hydrazone groups is 1. The van der Waals surface area contributed by atoms with Gasteiger partial charge in [0.25, 0.3) is 0 Å². The van der Waals surface area contributed by atoms with Gasteiger partial charge in [-0.25, -0.2) is 0 Å². The molecule has 0 aliphatic heterocycles. The van der Waals surface area contributed by atoms with Crippen LogP contribution in [0.3, 0.4) is 0 Å². The summed E-state index contributed by atoms with van der Waals surface area (Å²) in [5.41, 5.74) is 6.92. The van der Waals surface area contributed by atoms with Gasteiger partial charge >= 0.3 is 5.84 Å². The Kier molecular flexibility index (Phi) is 8.89. The molecule has 3 aromatic rings. The number of nitrogens with one attached hydrogen (secondary N) is 1. The molecule has 8 heteroatoms. The van der Waals surface area contributed by atoms with E-state index in [0.717, 1.165) is 34.4 Å². The number of rotatable bonds is 12. The molecule has 0 fully saturated rings. The van der Waals surface area contributed by atoms with Crippen molar-refractivity contribution in [2.45, 2.75) is 12.5 Å². The summed E-state index contributed by atoms with van der Waals surface area (Å²) >= 11 is 1.70. The average molecular weight is 457 g/mol. The Bertz CT molecular complexity index is 1030. The second kappa shape index (κ2) is 12.1. The highest BCUT2D eigenvalue weighted by atomic mass is 32.2. The van der Waals surface area contributed by atoms with Crippen LogP contribution in [0.2, 0.25) is 0 Å². The monoisotopic (exact) mass is 456 g/mol. The van der Waals surface area contributed by atoms with Gasteiger partial charge in [-0.05, 0) is 53.5 Å². The van der Waals surface area contributed by atoms with Gasteiger partial charge < -0.3 is 19.3 Å². The Morgan fingerprint density at radius 3 is 2.47 bits per heavy atom. The fourth-order valence-electron chi connectivity index (χ4n) is 3.20. The molecule has 0 saturated carbocycles. The van der Waals surface area contributed by atoms with Crippen LogP contribution < -0.4 is 30.9 Å². The van der Waals surface area contributed by atoms with E-state index in [2.05, 4.69) is 17.2 Å². The molecule has 7 nitrogen and oxygen atoms in total. The first-order chi connectivity index (χ1) is 15.6. The van der Waals surface area contributed by atoms with Crippen molar-refractivity contribution in [1.29, 1.82) is 0 Å². The number of thioether (sulfide) groups is 1. The number of hydrogen-bond acceptors (Lipinski definition) is 6. The standard InChI is InChI=1S/C24H29N3O4S/c1-29-19-8-10-20(11-9-19)30-14-18(28)16-32-13-12-17-4-2-6-22-21(17)5-3-7-23(22)31-15-24(25)27-26/h2-11,18,28H,12-16,26H2,1H3,(H2,25,27)/p+1. The van der Waals surface area contributed by atoms with Gasteiger partial charge in [0.2, 0.25) is 0 Å². The molecule has 3 rings (SSSR count). The van der Waals surface area contributed by atoms with Gasteiger partial charge in [-0.15, -0.1) is 0 Å². The van der Waals surface area contributed by atoms with Crippen LogP contribution in [0.25, 0.3) is 10.8 Å². The third-order valence-corrected chi connectivity index (χ3v) is 5.98. The highest BCUT2D eigenvalue weighted by Gasteiger charge is 2.09. The van der Waals surface area contributed by atoms with E-state index >= 15 is 0 Å². The van der Waals surface area contributed by atoms with E-state index in [0.29, 0.717) is 17.3 Å². The van der Waals surface area contributed by atoms with Gasteiger partial charge in [0.05, 0.1) is 13.2 Å². The van der Waals surface area contributed by atoms with Crippen LogP contribution in [-0.2, 0) is 6.42 Å². The summed E-state index contributed by atoms with van der Waals surface area (Å²) in [6.07, 6.45) is 0.350. The molecule has 0 saturated heterocycles. The first-order valence-corrected chi connectivity index (χ1v) is 11.5. The zero-order valence-corrected chi connectivity index (χ0v) is 18.9. The van der Waals surface area contributed by atoms with E-state index in [-0.39, 0.29) is 13.2 Å². The van der Waals surface area contributed by atoms with E-state index in [1.807, 2.05) is 48.5 Å². The number of benzene rings is 3. The third kappa shape index (κ3) is 6.70. The Hall–Kier alpha value is -3.10. The van der Waals surface area contributed by atoms with E-state index < -0.39 is 6.10 Å². The first kappa shape index (κ1) is 23.6. The van der Waals surface area contributed by atoms with Crippen LogP contribution in [0.4, 0.5) is 0 Å². The quantitative estimate of drug-likeness (QED) is 0.107. The van der Waals surface area contributed by atoms with Gasteiger partial charge in [-0.2, -0.15) is 16.9 Å². The number of hydrazine groups is 1. The number of aliphatic hydroxyl groups is 1. The summed E-state index contributed by atoms with van der Waals surface area (Å²) in [7, 11) is 1.62. The highest BCUT2D eigenvalue weighted by molar-refractivity contribution is 7.99. The number of ether oxygens (including phenoxy) is 3. The lowest BCUT2D eigenvalue weighted by Gasteiger charge is -2.13. The summed E-state index contributed by atoms with van der Waals surface area (Å²) in [4.78, 5) is 0. The minimum Gasteiger partial charge on any atom is -0.497 e. The Balaban J connectivity index is 1.48. The zero-order valence-electron chi connectivity index (χ0n) is 18.1. The van der Waals surface area contributed by atoms with Crippen molar-refractivity contribution in [3.05, 3.63) is 66.2 Å². The van der Waals surface area contributed by atoms with E-state index in [4.69, 9.17) is 25.8 Å². The molecule has 0 amide bonds. The highest BCUT2D eigenvalue weighted by Crippen LogP contribution is 2.29. The maximum Gasteiger partial charge on any atom is 0.301 e. The van der Waals surface area contributed by atoms with Crippen LogP contribution in [0, 0.1) is 0 Å². The van der Waals surface area contributed by atoms with E-state index in [1.54, 1.807) is 18.9 Å². The molecule has 0 radical (unpaired) electrons. The molecular formula is C24H30N3O4S+. The number of nitrogens with two attached hydrogens (primary N) is 2. The summed E-state index contributed by atoms with van der Waals surface area (Å²) < 4.78 is 16.6. The van der Waals surface area contributed by atoms with Crippen molar-refractivity contribution in [2.24, 2.45) is 11.6 Å². The number of aryl methyl sites for hydroxylation is 1. The van der Waals surface area contributed by atoms with Gasteiger partial charge in [0.1, 0.15) is 23.9 Å². The normalized spacial score (nSPS) is 12.5. The van der Waals surface area contributed by atoms with E-state index in [1.165, 1.54) is 5.56 Å². The maximum atomic E-state index is 10.2. The maximum absolute atomic E-state index is 10.2. The number of aliphatic hydroxyl groups excluding tert-OH is 1. The van der Waals surface area contributed by atoms with Gasteiger partial charge in [-0.3, -0.25) is 11.6 Å². The third-order valence-electron chi connectivity index (χ3n) is 4.87. The molecule has 32 heavy (non-hydrogen) atoms. The minimum atomic E-state index is -0.535. The van der Waals surface area contributed by atoms with Gasteiger partial charge in [0.15, 0.2) is 6.61 Å². The topological polar surface area (TPSA) is 114 Å². The lowest BCUT2D eigenvalue weighted by atomic mass is 10.0. The summed E-state index contributed by atoms with van der Waals surface area (Å²) in [5, 5.41) is 14.8. The van der Waals surface area contributed by atoms with Crippen molar-refractivity contribution >= 4 is 28.4 Å². The summed E-state index contributed by atoms with van der Waals surface area (Å²) in [6, 6.07) is 19.5. The zero-order chi connectivity index (χ0) is 22.8. The molecule has 0 heterocycles. The first-order valence-electron chi connectivity index (χ1n) is 10.3. The molecule has 0 aliphatic rings. The fourth-order valence-corrected chi connectivity index (χ4v) is 4.10. The molecule has 0 bridgehead atoms. The van der Waals surface area contributed by atoms with Crippen LogP contribution in [-0.4, -0.2) is 48.9 Å². The Labute approximate surface area is 192 Å². The summed E-state index contributed by atoms with van der Waals surface area (Å²) in [6.45, 7) is 0.457. The fraction of sp³-hybridized carbons (Fsp3) is 0.292. The molecule has 0 aromatic heterocycles. The van der Waals surface area contributed by atoms with Crippen molar-refractivity contribution in [1.82, 2.24) is 0 Å². The Morgan fingerprint density at radius 1 is 1.00 bits per heavy atom. The predicted molar refractivity (Wildman–Crippen MR) is 129 cm³/mol. The van der Waals surface area contributed by atoms with Gasteiger partial charge in [-0.1, -0.05) is 30.3 Å². The molecule has 170 valence electrons. The molecule has 0 spiro atoms. The van der Waals surface area contributed by atoms with Crippen LogP contribution in [0.1, 0.15) is 5.56 Å². The lowest BCUT2D eigenvalue weighted by molar-refractivity contribution is -0.472. The molecule has 6 N–H and O–H groups in total. The molecule has 0 aliphatic carbocycles. The number of methoxy groups -OCH3 is 1. The van der Waals surface area contributed by atoms with Crippen molar-refractivity contribution in [2.75, 3.05) is 31.8 Å². The number of fused-ring (bicyclic) bond motifs is 1. The average Bonchev–Trinajstić information content (AvgIpc) is 2.84. The van der Waals surface area contributed by atoms with E-state index in [9.17, 15) is 5.11 Å². The second-order valence-electron chi connectivity index (χ2n) is 7.19. The number of amidine groups is 1. The SMILES string of the molecule is COc1ccc(OCC(O)CSCCc2cccc3c(OC/C(N)=[NH+]/N)cccc23)cc1. The van der Waals surface area contributed by atoms with Crippen molar-refractivity contribution in [3.8, 4) is 17.2 Å². The van der Waals surface area contributed by atoms with Crippen molar-refractivity contribution < 1.29 is 24.4 Å². The van der Waals surface area contributed by atoms with Gasteiger partial charge in [0, 0.05) is 11.1 Å². The Morgan fingerprint density at radius 2 is 1.72 bits per heavy atom. The molecule has 1 unspecified atom stereocenters. The second-order valence-corrected chi connectivity index (χ2v) is 8.34. The molecule has 1 atom stereocenters.